The van der Waals surface area contributed by atoms with Crippen LogP contribution < -0.4 is 5.32 Å². The number of hydrogen-bond donors (Lipinski definition) is 1. The van der Waals surface area contributed by atoms with Gasteiger partial charge >= 0.3 is 12.1 Å². The summed E-state index contributed by atoms with van der Waals surface area (Å²) in [4.78, 5) is 22.0. The number of urea groups is 1. The summed E-state index contributed by atoms with van der Waals surface area (Å²) < 4.78 is 4.22. The van der Waals surface area contributed by atoms with Crippen molar-refractivity contribution in [3.63, 3.8) is 0 Å². The van der Waals surface area contributed by atoms with Crippen LogP contribution in [-0.4, -0.2) is 19.2 Å². The van der Waals surface area contributed by atoms with Gasteiger partial charge in [0.2, 0.25) is 0 Å². The second-order valence-electron chi connectivity index (χ2n) is 4.93. The maximum absolute atomic E-state index is 11.3. The Hall–Kier alpha value is -2.24. The van der Waals surface area contributed by atoms with E-state index in [4.69, 9.17) is 0 Å². The van der Waals surface area contributed by atoms with Gasteiger partial charge in [-0.1, -0.05) is 43.1 Å². The first-order valence-electron chi connectivity index (χ1n) is 5.74. The summed E-state index contributed by atoms with van der Waals surface area (Å²) in [6.07, 6.45) is -0.918. The number of nitrogens with one attached hydrogen (secondary N) is 1. The van der Waals surface area contributed by atoms with E-state index in [9.17, 15) is 9.59 Å². The van der Waals surface area contributed by atoms with Crippen molar-refractivity contribution in [2.24, 2.45) is 10.2 Å². The molecule has 1 rings (SSSR count). The second kappa shape index (κ2) is 6.08. The number of rotatable bonds is 1. The molecule has 0 fully saturated rings. The Morgan fingerprint density at radius 1 is 1.11 bits per heavy atom. The van der Waals surface area contributed by atoms with E-state index in [0.29, 0.717) is 5.69 Å². The quantitative estimate of drug-likeness (QED) is 0.784. The highest BCUT2D eigenvalue weighted by Gasteiger charge is 2.13. The van der Waals surface area contributed by atoms with Crippen LogP contribution in [0.1, 0.15) is 26.3 Å². The molecule has 0 unspecified atom stereocenters. The molecule has 0 saturated heterocycles. The minimum atomic E-state index is -0.918. The van der Waals surface area contributed by atoms with Gasteiger partial charge in [-0.2, -0.15) is 0 Å². The number of azo groups is 1. The van der Waals surface area contributed by atoms with Crippen molar-refractivity contribution in [2.45, 2.75) is 26.2 Å². The summed E-state index contributed by atoms with van der Waals surface area (Å²) in [5, 5.41) is 8.70. The zero-order valence-corrected chi connectivity index (χ0v) is 11.4. The van der Waals surface area contributed by atoms with Gasteiger partial charge in [0, 0.05) is 5.69 Å². The van der Waals surface area contributed by atoms with E-state index in [0.717, 1.165) is 12.7 Å². The molecular weight excluding hydrogens is 246 g/mol. The number of ether oxygens (including phenoxy) is 1. The molecule has 1 N–H and O–H groups in total. The average Bonchev–Trinajstić information content (AvgIpc) is 2.35. The first kappa shape index (κ1) is 14.8. The molecule has 6 heteroatoms. The van der Waals surface area contributed by atoms with Gasteiger partial charge in [0.15, 0.2) is 0 Å². The van der Waals surface area contributed by atoms with Crippen molar-refractivity contribution >= 4 is 17.8 Å². The number of anilines is 1. The normalized spacial score (nSPS) is 11.4. The van der Waals surface area contributed by atoms with Crippen LogP contribution in [0.3, 0.4) is 0 Å². The van der Waals surface area contributed by atoms with Crippen LogP contribution in [0.25, 0.3) is 0 Å². The van der Waals surface area contributed by atoms with Crippen molar-refractivity contribution in [3.8, 4) is 0 Å². The zero-order chi connectivity index (χ0) is 14.5. The largest absolute Gasteiger partial charge is 0.452 e. The molecule has 6 nitrogen and oxygen atoms in total. The lowest BCUT2D eigenvalue weighted by Gasteiger charge is -2.19. The van der Waals surface area contributed by atoms with E-state index >= 15 is 0 Å². The summed E-state index contributed by atoms with van der Waals surface area (Å²) in [5.41, 5.74) is 1.79. The van der Waals surface area contributed by atoms with Crippen LogP contribution in [0, 0.1) is 0 Å². The Labute approximate surface area is 111 Å². The molecule has 19 heavy (non-hydrogen) atoms. The number of nitrogens with zero attached hydrogens (tertiary/aromatic N) is 2. The van der Waals surface area contributed by atoms with Crippen molar-refractivity contribution in [1.82, 2.24) is 0 Å². The highest BCUT2D eigenvalue weighted by molar-refractivity contribution is 5.90. The molecule has 1 aromatic carbocycles. The molecule has 102 valence electrons. The van der Waals surface area contributed by atoms with E-state index in [1.807, 2.05) is 12.1 Å². The van der Waals surface area contributed by atoms with Crippen molar-refractivity contribution in [2.75, 3.05) is 12.4 Å². The predicted octanol–water partition coefficient (Wildman–Crippen LogP) is 3.73. The SMILES string of the molecule is COC(=O)N=NC(=O)Nc1ccc(C(C)(C)C)cc1. The molecule has 0 radical (unpaired) electrons. The lowest BCUT2D eigenvalue weighted by molar-refractivity contribution is 0.180. The number of benzene rings is 1. The topological polar surface area (TPSA) is 80.1 Å². The summed E-state index contributed by atoms with van der Waals surface area (Å²) in [5.74, 6) is 0. The fourth-order valence-corrected chi connectivity index (χ4v) is 1.33. The number of carbonyl (C=O) groups is 2. The number of carbonyl (C=O) groups excluding carboxylic acids is 2. The lowest BCUT2D eigenvalue weighted by atomic mass is 9.87. The molecule has 3 amide bonds. The van der Waals surface area contributed by atoms with Crippen LogP contribution in [0.5, 0.6) is 0 Å². The fraction of sp³-hybridized carbons (Fsp3) is 0.385. The molecular formula is C13H17N3O3. The standard InChI is InChI=1S/C13H17N3O3/c1-13(2,3)9-5-7-10(8-6-9)14-11(17)15-16-12(18)19-4/h5-8H,1-4H3,(H,14,17). The molecule has 0 aliphatic rings. The van der Waals surface area contributed by atoms with Gasteiger partial charge in [0.25, 0.3) is 0 Å². The summed E-state index contributed by atoms with van der Waals surface area (Å²) in [6, 6.07) is 6.66. The lowest BCUT2D eigenvalue weighted by Crippen LogP contribution is -2.11. The van der Waals surface area contributed by atoms with Gasteiger partial charge in [-0.25, -0.2) is 9.59 Å². The van der Waals surface area contributed by atoms with Crippen LogP contribution >= 0.6 is 0 Å². The van der Waals surface area contributed by atoms with E-state index < -0.39 is 12.1 Å². The van der Waals surface area contributed by atoms with Crippen LogP contribution in [0.15, 0.2) is 34.5 Å². The summed E-state index contributed by atoms with van der Waals surface area (Å²) >= 11 is 0. The molecule has 0 spiro atoms. The van der Waals surface area contributed by atoms with Crippen molar-refractivity contribution < 1.29 is 14.3 Å². The van der Waals surface area contributed by atoms with Gasteiger partial charge in [0.1, 0.15) is 0 Å². The third-order valence-corrected chi connectivity index (χ3v) is 2.40. The molecule has 0 atom stereocenters. The van der Waals surface area contributed by atoms with Gasteiger partial charge in [-0.05, 0) is 23.1 Å². The number of methoxy groups -OCH3 is 1. The van der Waals surface area contributed by atoms with Crippen LogP contribution in [0.2, 0.25) is 0 Å². The summed E-state index contributed by atoms with van der Waals surface area (Å²) in [7, 11) is 1.16. The van der Waals surface area contributed by atoms with Crippen LogP contribution in [-0.2, 0) is 10.2 Å². The maximum Gasteiger partial charge on any atom is 0.452 e. The maximum atomic E-state index is 11.3. The van der Waals surface area contributed by atoms with Crippen LogP contribution in [0.4, 0.5) is 15.3 Å². The monoisotopic (exact) mass is 263 g/mol. The fourth-order valence-electron chi connectivity index (χ4n) is 1.33. The number of amides is 3. The Morgan fingerprint density at radius 3 is 2.16 bits per heavy atom. The van der Waals surface area contributed by atoms with E-state index in [-0.39, 0.29) is 5.41 Å². The number of hydrogen-bond acceptors (Lipinski definition) is 3. The van der Waals surface area contributed by atoms with Gasteiger partial charge in [-0.3, -0.25) is 0 Å². The first-order valence-corrected chi connectivity index (χ1v) is 5.74. The highest BCUT2D eigenvalue weighted by atomic mass is 16.5. The zero-order valence-electron chi connectivity index (χ0n) is 11.4. The molecule has 0 aliphatic carbocycles. The molecule has 1 aromatic rings. The Balaban J connectivity index is 2.66. The minimum absolute atomic E-state index is 0.0487. The van der Waals surface area contributed by atoms with E-state index in [1.165, 1.54) is 0 Å². The minimum Gasteiger partial charge on any atom is -0.450 e. The van der Waals surface area contributed by atoms with Gasteiger partial charge in [0.05, 0.1) is 7.11 Å². The molecule has 0 saturated carbocycles. The summed E-state index contributed by atoms with van der Waals surface area (Å²) in [6.45, 7) is 6.31. The Morgan fingerprint density at radius 2 is 1.68 bits per heavy atom. The third kappa shape index (κ3) is 4.87. The van der Waals surface area contributed by atoms with Gasteiger partial charge < -0.3 is 10.1 Å². The van der Waals surface area contributed by atoms with E-state index in [1.54, 1.807) is 12.1 Å². The highest BCUT2D eigenvalue weighted by Crippen LogP contribution is 2.23. The predicted molar refractivity (Wildman–Crippen MR) is 71.4 cm³/mol. The smallest absolute Gasteiger partial charge is 0.450 e. The Bertz CT molecular complexity index is 487. The third-order valence-electron chi connectivity index (χ3n) is 2.40. The average molecular weight is 263 g/mol. The first-order chi connectivity index (χ1) is 8.82. The molecule has 0 aromatic heterocycles. The Kier molecular flexibility index (Phi) is 4.74. The molecule has 0 aliphatic heterocycles. The van der Waals surface area contributed by atoms with Gasteiger partial charge in [-0.15, -0.1) is 0 Å². The second-order valence-corrected chi connectivity index (χ2v) is 4.93. The molecule has 0 bridgehead atoms. The van der Waals surface area contributed by atoms with Crippen molar-refractivity contribution in [1.29, 1.82) is 0 Å². The van der Waals surface area contributed by atoms with E-state index in [2.05, 4.69) is 41.1 Å². The van der Waals surface area contributed by atoms with Crippen molar-refractivity contribution in [3.05, 3.63) is 29.8 Å². The molecule has 0 heterocycles.